The van der Waals surface area contributed by atoms with E-state index in [9.17, 15) is 9.90 Å². The number of ether oxygens (including phenoxy) is 1. The molecule has 1 aromatic heterocycles. The van der Waals surface area contributed by atoms with Crippen molar-refractivity contribution in [3.63, 3.8) is 0 Å². The van der Waals surface area contributed by atoms with Crippen LogP contribution < -0.4 is 4.74 Å². The quantitative estimate of drug-likeness (QED) is 0.347. The van der Waals surface area contributed by atoms with Gasteiger partial charge in [0.25, 0.3) is 0 Å². The lowest BCUT2D eigenvalue weighted by Gasteiger charge is -2.08. The number of benzene rings is 3. The second-order valence-electron chi connectivity index (χ2n) is 6.41. The molecule has 0 spiro atoms. The molecule has 4 aromatic rings. The fourth-order valence-electron chi connectivity index (χ4n) is 3.05. The van der Waals surface area contributed by atoms with Gasteiger partial charge in [0, 0.05) is 16.5 Å². The topological polar surface area (TPSA) is 59.7 Å². The highest BCUT2D eigenvalue weighted by Crippen LogP contribution is 2.32. The van der Waals surface area contributed by atoms with Gasteiger partial charge in [-0.3, -0.25) is 4.79 Å². The van der Waals surface area contributed by atoms with E-state index in [0.717, 1.165) is 27.7 Å². The summed E-state index contributed by atoms with van der Waals surface area (Å²) < 4.78 is 11.5. The van der Waals surface area contributed by atoms with Gasteiger partial charge in [-0.1, -0.05) is 36.9 Å². The number of rotatable bonds is 6. The molecule has 0 aliphatic carbocycles. The molecule has 0 saturated carbocycles. The van der Waals surface area contributed by atoms with Crippen molar-refractivity contribution in [2.75, 3.05) is 0 Å². The molecule has 28 heavy (non-hydrogen) atoms. The van der Waals surface area contributed by atoms with E-state index in [1.165, 1.54) is 6.08 Å². The second-order valence-corrected chi connectivity index (χ2v) is 6.41. The Morgan fingerprint density at radius 1 is 1.07 bits per heavy atom. The maximum atomic E-state index is 11.8. The average molecular weight is 370 g/mol. The number of hydrogen-bond donors (Lipinski definition) is 1. The van der Waals surface area contributed by atoms with E-state index in [1.807, 2.05) is 36.4 Å². The van der Waals surface area contributed by atoms with Crippen LogP contribution in [0.5, 0.6) is 11.5 Å². The molecule has 0 saturated heterocycles. The highest BCUT2D eigenvalue weighted by atomic mass is 16.5. The first kappa shape index (κ1) is 17.6. The minimum Gasteiger partial charge on any atom is -0.508 e. The summed E-state index contributed by atoms with van der Waals surface area (Å²) in [5.74, 6) is 0.713. The summed E-state index contributed by atoms with van der Waals surface area (Å²) >= 11 is 0. The number of hydrogen-bond acceptors (Lipinski definition) is 4. The summed E-state index contributed by atoms with van der Waals surface area (Å²) in [7, 11) is 0. The number of phenols is 1. The smallest absolute Gasteiger partial charge is 0.185 e. The number of fused-ring (bicyclic) bond motifs is 1. The lowest BCUT2D eigenvalue weighted by Crippen LogP contribution is -1.98. The Hall–Kier alpha value is -3.79. The third-order valence-electron chi connectivity index (χ3n) is 4.53. The molecule has 0 amide bonds. The van der Waals surface area contributed by atoms with Crippen LogP contribution in [0.15, 0.2) is 90.1 Å². The van der Waals surface area contributed by atoms with E-state index in [0.29, 0.717) is 17.9 Å². The van der Waals surface area contributed by atoms with E-state index in [4.69, 9.17) is 9.15 Å². The number of allylic oxidation sites excluding steroid dienone is 1. The van der Waals surface area contributed by atoms with Gasteiger partial charge in [-0.2, -0.15) is 0 Å². The van der Waals surface area contributed by atoms with Crippen LogP contribution in [0.2, 0.25) is 0 Å². The van der Waals surface area contributed by atoms with E-state index in [1.54, 1.807) is 36.6 Å². The normalized spacial score (nSPS) is 10.7. The Bertz CT molecular complexity index is 1150. The Labute approximate surface area is 162 Å². The number of ketones is 1. The molecular formula is C24H18O4. The monoisotopic (exact) mass is 370 g/mol. The first-order valence-electron chi connectivity index (χ1n) is 8.83. The van der Waals surface area contributed by atoms with Gasteiger partial charge in [0.2, 0.25) is 0 Å². The molecule has 0 fully saturated rings. The number of aromatic hydroxyl groups is 1. The predicted octanol–water partition coefficient (Wildman–Crippen LogP) is 5.75. The predicted molar refractivity (Wildman–Crippen MR) is 109 cm³/mol. The third kappa shape index (κ3) is 3.53. The lowest BCUT2D eigenvalue weighted by atomic mass is 10.0. The van der Waals surface area contributed by atoms with Crippen molar-refractivity contribution in [3.8, 4) is 22.6 Å². The first-order chi connectivity index (χ1) is 13.6. The fraction of sp³-hybridized carbons (Fsp3) is 0.0417. The molecule has 0 unspecified atom stereocenters. The SMILES string of the molecule is C=CC(=O)c1cccc(OCc2ccc3occ(-c4ccc(O)cc4)c3c2)c1. The minimum atomic E-state index is -0.135. The van der Waals surface area contributed by atoms with Crippen molar-refractivity contribution < 1.29 is 19.1 Å². The number of carbonyl (C=O) groups is 1. The number of phenolic OH excluding ortho intramolecular Hbond substituents is 1. The van der Waals surface area contributed by atoms with Crippen LogP contribution >= 0.6 is 0 Å². The van der Waals surface area contributed by atoms with Gasteiger partial charge in [0.1, 0.15) is 23.7 Å². The summed E-state index contributed by atoms with van der Waals surface area (Å²) in [4.78, 5) is 11.8. The largest absolute Gasteiger partial charge is 0.508 e. The maximum Gasteiger partial charge on any atom is 0.185 e. The van der Waals surface area contributed by atoms with Crippen LogP contribution in [0.4, 0.5) is 0 Å². The first-order valence-corrected chi connectivity index (χ1v) is 8.83. The van der Waals surface area contributed by atoms with Gasteiger partial charge in [-0.05, 0) is 53.6 Å². The Morgan fingerprint density at radius 3 is 2.68 bits per heavy atom. The zero-order chi connectivity index (χ0) is 19.5. The molecule has 1 heterocycles. The third-order valence-corrected chi connectivity index (χ3v) is 4.53. The zero-order valence-electron chi connectivity index (χ0n) is 15.1. The van der Waals surface area contributed by atoms with Crippen molar-refractivity contribution in [2.24, 2.45) is 0 Å². The number of carbonyl (C=O) groups excluding carboxylic acids is 1. The van der Waals surface area contributed by atoms with E-state index >= 15 is 0 Å². The second kappa shape index (κ2) is 7.45. The van der Waals surface area contributed by atoms with Crippen LogP contribution in [0.25, 0.3) is 22.1 Å². The van der Waals surface area contributed by atoms with E-state index in [2.05, 4.69) is 6.58 Å². The summed E-state index contributed by atoms with van der Waals surface area (Å²) in [6.07, 6.45) is 3.00. The maximum absolute atomic E-state index is 11.8. The molecule has 0 atom stereocenters. The van der Waals surface area contributed by atoms with Gasteiger partial charge in [0.05, 0.1) is 6.26 Å². The molecule has 4 rings (SSSR count). The van der Waals surface area contributed by atoms with Crippen molar-refractivity contribution >= 4 is 16.8 Å². The molecule has 0 radical (unpaired) electrons. The van der Waals surface area contributed by atoms with Gasteiger partial charge in [0.15, 0.2) is 5.78 Å². The molecule has 0 aliphatic heterocycles. The fourth-order valence-corrected chi connectivity index (χ4v) is 3.05. The molecule has 0 aliphatic rings. The summed E-state index contributed by atoms with van der Waals surface area (Å²) in [5, 5.41) is 10.5. The molecule has 4 heteroatoms. The summed E-state index contributed by atoms with van der Waals surface area (Å²) in [6.45, 7) is 3.87. The molecule has 138 valence electrons. The van der Waals surface area contributed by atoms with Gasteiger partial charge < -0.3 is 14.3 Å². The summed E-state index contributed by atoms with van der Waals surface area (Å²) in [6, 6.07) is 19.9. The molecule has 4 nitrogen and oxygen atoms in total. The molecule has 0 bridgehead atoms. The van der Waals surface area contributed by atoms with Gasteiger partial charge >= 0.3 is 0 Å². The van der Waals surface area contributed by atoms with Crippen molar-refractivity contribution in [1.82, 2.24) is 0 Å². The lowest BCUT2D eigenvalue weighted by molar-refractivity contribution is 0.104. The van der Waals surface area contributed by atoms with Crippen LogP contribution in [0, 0.1) is 0 Å². The van der Waals surface area contributed by atoms with E-state index < -0.39 is 0 Å². The Kier molecular flexibility index (Phi) is 4.68. The standard InChI is InChI=1S/C24H18O4/c1-2-23(26)18-4-3-5-20(13-18)27-14-16-6-11-24-21(12-16)22(15-28-24)17-7-9-19(25)10-8-17/h2-13,15,25H,1,14H2. The van der Waals surface area contributed by atoms with Crippen molar-refractivity contribution in [2.45, 2.75) is 6.61 Å². The number of furan rings is 1. The zero-order valence-corrected chi connectivity index (χ0v) is 15.1. The Balaban J connectivity index is 1.58. The minimum absolute atomic E-state index is 0.135. The highest BCUT2D eigenvalue weighted by Gasteiger charge is 2.10. The average Bonchev–Trinajstić information content (AvgIpc) is 3.15. The van der Waals surface area contributed by atoms with Crippen LogP contribution in [0.1, 0.15) is 15.9 Å². The van der Waals surface area contributed by atoms with E-state index in [-0.39, 0.29) is 11.5 Å². The summed E-state index contributed by atoms with van der Waals surface area (Å²) in [5.41, 5.74) is 4.23. The molecule has 3 aromatic carbocycles. The van der Waals surface area contributed by atoms with Crippen LogP contribution in [0.3, 0.4) is 0 Å². The van der Waals surface area contributed by atoms with Crippen LogP contribution in [-0.2, 0) is 6.61 Å². The Morgan fingerprint density at radius 2 is 1.89 bits per heavy atom. The van der Waals surface area contributed by atoms with Crippen molar-refractivity contribution in [1.29, 1.82) is 0 Å². The molecule has 1 N–H and O–H groups in total. The van der Waals surface area contributed by atoms with Gasteiger partial charge in [-0.25, -0.2) is 0 Å². The highest BCUT2D eigenvalue weighted by molar-refractivity contribution is 6.04. The van der Waals surface area contributed by atoms with Crippen LogP contribution in [-0.4, -0.2) is 10.9 Å². The van der Waals surface area contributed by atoms with Crippen molar-refractivity contribution in [3.05, 3.63) is 96.8 Å². The molecular weight excluding hydrogens is 352 g/mol. The van der Waals surface area contributed by atoms with Gasteiger partial charge in [-0.15, -0.1) is 0 Å².